The maximum atomic E-state index is 12.7. The van der Waals surface area contributed by atoms with Crippen LogP contribution >= 0.6 is 0 Å². The second kappa shape index (κ2) is 6.72. The molecule has 21 heavy (non-hydrogen) atoms. The quantitative estimate of drug-likeness (QED) is 0.836. The predicted octanol–water partition coefficient (Wildman–Crippen LogP) is 1.75. The molecule has 6 nitrogen and oxygen atoms in total. The lowest BCUT2D eigenvalue weighted by Gasteiger charge is -2.34. The summed E-state index contributed by atoms with van der Waals surface area (Å²) in [5.74, 6) is 0.405. The molecule has 1 fully saturated rings. The van der Waals surface area contributed by atoms with Gasteiger partial charge in [0.15, 0.2) is 0 Å². The van der Waals surface area contributed by atoms with Gasteiger partial charge in [-0.25, -0.2) is 18.1 Å². The van der Waals surface area contributed by atoms with E-state index in [1.54, 1.807) is 18.3 Å². The minimum absolute atomic E-state index is 0.200. The Hall–Kier alpha value is -1.18. The van der Waals surface area contributed by atoms with E-state index >= 15 is 0 Å². The topological polar surface area (TPSA) is 80.3 Å². The van der Waals surface area contributed by atoms with E-state index in [1.807, 2.05) is 13.8 Å². The highest BCUT2D eigenvalue weighted by atomic mass is 32.2. The lowest BCUT2D eigenvalue weighted by atomic mass is 9.94. The molecule has 2 heterocycles. The van der Waals surface area contributed by atoms with Gasteiger partial charge in [0.1, 0.15) is 10.7 Å². The largest absolute Gasteiger partial charge is 0.381 e. The highest BCUT2D eigenvalue weighted by Crippen LogP contribution is 2.25. The first-order valence-electron chi connectivity index (χ1n) is 7.27. The normalized spacial score (nSPS) is 18.4. The number of ether oxygens (including phenoxy) is 1. The zero-order valence-corrected chi connectivity index (χ0v) is 13.4. The molecule has 0 aliphatic carbocycles. The number of hydrogen-bond acceptors (Lipinski definition) is 5. The monoisotopic (exact) mass is 313 g/mol. The van der Waals surface area contributed by atoms with Crippen molar-refractivity contribution in [3.05, 3.63) is 18.3 Å². The molecular formula is C14H23N3O3S. The van der Waals surface area contributed by atoms with Crippen molar-refractivity contribution in [1.29, 1.82) is 0 Å². The molecule has 0 unspecified atom stereocenters. The van der Waals surface area contributed by atoms with Crippen LogP contribution in [0.3, 0.4) is 0 Å². The number of pyridine rings is 1. The molecule has 2 N–H and O–H groups in total. The molecule has 1 aromatic rings. The Morgan fingerprint density at radius 3 is 2.76 bits per heavy atom. The van der Waals surface area contributed by atoms with E-state index in [0.717, 1.165) is 6.42 Å². The van der Waals surface area contributed by atoms with Gasteiger partial charge in [-0.1, -0.05) is 6.92 Å². The van der Waals surface area contributed by atoms with Gasteiger partial charge in [-0.05, 0) is 38.3 Å². The summed E-state index contributed by atoms with van der Waals surface area (Å²) in [4.78, 5) is 4.34. The molecule has 1 saturated heterocycles. The predicted molar refractivity (Wildman–Crippen MR) is 81.8 cm³/mol. The zero-order valence-electron chi connectivity index (χ0n) is 12.6. The van der Waals surface area contributed by atoms with Crippen molar-refractivity contribution in [2.75, 3.05) is 25.1 Å². The van der Waals surface area contributed by atoms with Gasteiger partial charge in [-0.3, -0.25) is 0 Å². The van der Waals surface area contributed by atoms with Gasteiger partial charge in [-0.15, -0.1) is 0 Å². The van der Waals surface area contributed by atoms with Crippen molar-refractivity contribution in [2.24, 2.45) is 0 Å². The minimum atomic E-state index is -3.61. The highest BCUT2D eigenvalue weighted by molar-refractivity contribution is 7.89. The third-order valence-electron chi connectivity index (χ3n) is 3.58. The van der Waals surface area contributed by atoms with Crippen LogP contribution in [0.5, 0.6) is 0 Å². The summed E-state index contributed by atoms with van der Waals surface area (Å²) in [7, 11) is -3.61. The molecule has 0 saturated carbocycles. The first kappa shape index (κ1) is 16.2. The fraction of sp³-hybridized carbons (Fsp3) is 0.643. The Balaban J connectivity index is 2.22. The van der Waals surface area contributed by atoms with Gasteiger partial charge in [0.25, 0.3) is 0 Å². The van der Waals surface area contributed by atoms with E-state index in [-0.39, 0.29) is 4.90 Å². The number of sulfonamides is 1. The zero-order chi connectivity index (χ0) is 15.3. The van der Waals surface area contributed by atoms with Crippen molar-refractivity contribution >= 4 is 15.8 Å². The fourth-order valence-corrected chi connectivity index (χ4v) is 3.89. The van der Waals surface area contributed by atoms with E-state index in [4.69, 9.17) is 4.74 Å². The summed E-state index contributed by atoms with van der Waals surface area (Å²) in [6, 6.07) is 3.22. The van der Waals surface area contributed by atoms with Crippen LogP contribution in [-0.2, 0) is 14.8 Å². The third-order valence-corrected chi connectivity index (χ3v) is 5.25. The van der Waals surface area contributed by atoms with Crippen LogP contribution in [0.4, 0.5) is 5.82 Å². The van der Waals surface area contributed by atoms with Crippen LogP contribution < -0.4 is 10.0 Å². The summed E-state index contributed by atoms with van der Waals surface area (Å²) < 4.78 is 33.4. The minimum Gasteiger partial charge on any atom is -0.381 e. The molecule has 0 atom stereocenters. The Labute approximate surface area is 126 Å². The molecule has 0 spiro atoms. The molecular weight excluding hydrogens is 290 g/mol. The van der Waals surface area contributed by atoms with E-state index in [0.29, 0.717) is 38.4 Å². The molecule has 2 rings (SSSR count). The number of nitrogens with one attached hydrogen (secondary N) is 2. The van der Waals surface area contributed by atoms with E-state index < -0.39 is 15.6 Å². The Morgan fingerprint density at radius 1 is 1.38 bits per heavy atom. The molecule has 0 bridgehead atoms. The summed E-state index contributed by atoms with van der Waals surface area (Å²) in [5, 5.41) is 3.06. The molecule has 7 heteroatoms. The number of aromatic nitrogens is 1. The van der Waals surface area contributed by atoms with Gasteiger partial charge in [0, 0.05) is 31.5 Å². The van der Waals surface area contributed by atoms with Crippen LogP contribution in [0.2, 0.25) is 0 Å². The maximum Gasteiger partial charge on any atom is 0.244 e. The van der Waals surface area contributed by atoms with Gasteiger partial charge in [0.05, 0.1) is 0 Å². The second-order valence-corrected chi connectivity index (χ2v) is 7.21. The lowest BCUT2D eigenvalue weighted by molar-refractivity contribution is 0.0537. The summed E-state index contributed by atoms with van der Waals surface area (Å²) >= 11 is 0. The smallest absolute Gasteiger partial charge is 0.244 e. The molecule has 0 amide bonds. The molecule has 1 aromatic heterocycles. The average molecular weight is 313 g/mol. The number of hydrogen-bond donors (Lipinski definition) is 2. The van der Waals surface area contributed by atoms with E-state index in [9.17, 15) is 8.42 Å². The molecule has 118 valence electrons. The summed E-state index contributed by atoms with van der Waals surface area (Å²) in [6.45, 7) is 5.78. The Morgan fingerprint density at radius 2 is 2.10 bits per heavy atom. The highest BCUT2D eigenvalue weighted by Gasteiger charge is 2.33. The van der Waals surface area contributed by atoms with Crippen LogP contribution in [0, 0.1) is 0 Å². The summed E-state index contributed by atoms with van der Waals surface area (Å²) in [6.07, 6.45) is 3.83. The number of rotatable bonds is 6. The number of nitrogens with zero attached hydrogens (tertiary/aromatic N) is 1. The standard InChI is InChI=1S/C14H23N3O3S/c1-3-8-15-13-12(5-4-9-16-13)21(18,19)17-14(2)6-10-20-11-7-14/h4-5,9,17H,3,6-8,10-11H2,1-2H3,(H,15,16). The van der Waals surface area contributed by atoms with Crippen LogP contribution in [-0.4, -0.2) is 38.7 Å². The molecule has 1 aliphatic rings. The molecule has 0 aromatic carbocycles. The average Bonchev–Trinajstić information content (AvgIpc) is 2.45. The molecule has 1 aliphatic heterocycles. The lowest BCUT2D eigenvalue weighted by Crippen LogP contribution is -2.49. The van der Waals surface area contributed by atoms with Crippen LogP contribution in [0.1, 0.15) is 33.1 Å². The van der Waals surface area contributed by atoms with Gasteiger partial charge >= 0.3 is 0 Å². The fourth-order valence-electron chi connectivity index (χ4n) is 2.29. The van der Waals surface area contributed by atoms with Crippen LogP contribution in [0.25, 0.3) is 0 Å². The van der Waals surface area contributed by atoms with E-state index in [2.05, 4.69) is 15.0 Å². The van der Waals surface area contributed by atoms with Crippen molar-refractivity contribution in [3.8, 4) is 0 Å². The Bertz CT molecular complexity index is 569. The van der Waals surface area contributed by atoms with Crippen molar-refractivity contribution in [2.45, 2.75) is 43.5 Å². The maximum absolute atomic E-state index is 12.7. The van der Waals surface area contributed by atoms with Crippen molar-refractivity contribution in [1.82, 2.24) is 9.71 Å². The SMILES string of the molecule is CCCNc1ncccc1S(=O)(=O)NC1(C)CCOCC1. The van der Waals surface area contributed by atoms with E-state index in [1.165, 1.54) is 0 Å². The molecule has 0 radical (unpaired) electrons. The van der Waals surface area contributed by atoms with Crippen molar-refractivity contribution in [3.63, 3.8) is 0 Å². The summed E-state index contributed by atoms with van der Waals surface area (Å²) in [5.41, 5.74) is -0.463. The number of anilines is 1. The van der Waals surface area contributed by atoms with Crippen LogP contribution in [0.15, 0.2) is 23.2 Å². The van der Waals surface area contributed by atoms with Gasteiger partial charge < -0.3 is 10.1 Å². The first-order chi connectivity index (χ1) is 9.97. The first-order valence-corrected chi connectivity index (χ1v) is 8.76. The van der Waals surface area contributed by atoms with Gasteiger partial charge in [0.2, 0.25) is 10.0 Å². The van der Waals surface area contributed by atoms with Gasteiger partial charge in [-0.2, -0.15) is 0 Å². The third kappa shape index (κ3) is 4.15. The Kier molecular flexibility index (Phi) is 5.18. The second-order valence-electron chi connectivity index (χ2n) is 5.56. The van der Waals surface area contributed by atoms with Crippen molar-refractivity contribution < 1.29 is 13.2 Å².